The van der Waals surface area contributed by atoms with Crippen molar-refractivity contribution in [2.45, 2.75) is 38.4 Å². The first kappa shape index (κ1) is 18.2. The van der Waals surface area contributed by atoms with E-state index in [0.717, 1.165) is 0 Å². The van der Waals surface area contributed by atoms with E-state index in [0.29, 0.717) is 30.6 Å². The molecule has 1 fully saturated rings. The largest absolute Gasteiger partial charge is 0.479 e. The van der Waals surface area contributed by atoms with Crippen molar-refractivity contribution in [3.05, 3.63) is 24.3 Å². The SMILES string of the molecule is CCCS(=O)(=O)Nc1ccc(NC(=O)[C@@H]2CC[C@H](C(=O)O)O2)cc1. The van der Waals surface area contributed by atoms with E-state index in [9.17, 15) is 18.0 Å². The number of nitrogens with one attached hydrogen (secondary N) is 2. The van der Waals surface area contributed by atoms with E-state index < -0.39 is 34.1 Å². The lowest BCUT2D eigenvalue weighted by Crippen LogP contribution is -2.29. The lowest BCUT2D eigenvalue weighted by Gasteiger charge is -2.12. The third-order valence-corrected chi connectivity index (χ3v) is 4.98. The molecule has 24 heavy (non-hydrogen) atoms. The van der Waals surface area contributed by atoms with Crippen LogP contribution in [0.15, 0.2) is 24.3 Å². The van der Waals surface area contributed by atoms with Crippen molar-refractivity contribution in [3.63, 3.8) is 0 Å². The van der Waals surface area contributed by atoms with Gasteiger partial charge in [0.2, 0.25) is 10.0 Å². The number of carbonyl (C=O) groups excluding carboxylic acids is 1. The van der Waals surface area contributed by atoms with Crippen molar-refractivity contribution in [2.75, 3.05) is 15.8 Å². The molecule has 0 unspecified atom stereocenters. The first-order valence-corrected chi connectivity index (χ1v) is 9.25. The first-order chi connectivity index (χ1) is 11.3. The van der Waals surface area contributed by atoms with Gasteiger partial charge in [-0.1, -0.05) is 6.92 Å². The summed E-state index contributed by atoms with van der Waals surface area (Å²) < 4.78 is 31.0. The van der Waals surface area contributed by atoms with Crippen molar-refractivity contribution in [1.82, 2.24) is 0 Å². The molecule has 1 saturated heterocycles. The Kier molecular flexibility index (Phi) is 5.79. The number of ether oxygens (including phenoxy) is 1. The second-order valence-corrected chi connectivity index (χ2v) is 7.36. The minimum atomic E-state index is -3.36. The average molecular weight is 356 g/mol. The second kappa shape index (κ2) is 7.63. The van der Waals surface area contributed by atoms with E-state index >= 15 is 0 Å². The molecular weight excluding hydrogens is 336 g/mol. The van der Waals surface area contributed by atoms with Gasteiger partial charge in [-0.25, -0.2) is 13.2 Å². The third-order valence-electron chi connectivity index (χ3n) is 3.49. The predicted molar refractivity (Wildman–Crippen MR) is 88.3 cm³/mol. The van der Waals surface area contributed by atoms with Gasteiger partial charge in [0.25, 0.3) is 5.91 Å². The number of hydrogen-bond acceptors (Lipinski definition) is 5. The van der Waals surface area contributed by atoms with Crippen LogP contribution in [0, 0.1) is 0 Å². The second-order valence-electron chi connectivity index (χ2n) is 5.52. The minimum absolute atomic E-state index is 0.0370. The molecule has 1 aromatic rings. The van der Waals surface area contributed by atoms with E-state index in [1.165, 1.54) is 0 Å². The van der Waals surface area contributed by atoms with Gasteiger partial charge in [0.05, 0.1) is 5.75 Å². The first-order valence-electron chi connectivity index (χ1n) is 7.60. The fourth-order valence-electron chi connectivity index (χ4n) is 2.36. The van der Waals surface area contributed by atoms with Gasteiger partial charge < -0.3 is 15.2 Å². The van der Waals surface area contributed by atoms with Crippen LogP contribution in [0.1, 0.15) is 26.2 Å². The Labute approximate surface area is 140 Å². The van der Waals surface area contributed by atoms with Crippen LogP contribution in [0.25, 0.3) is 0 Å². The summed E-state index contributed by atoms with van der Waals surface area (Å²) in [5.41, 5.74) is 0.880. The van der Waals surface area contributed by atoms with E-state index in [-0.39, 0.29) is 5.75 Å². The van der Waals surface area contributed by atoms with Crippen LogP contribution in [0.5, 0.6) is 0 Å². The van der Waals surface area contributed by atoms with Gasteiger partial charge >= 0.3 is 5.97 Å². The number of carboxylic acid groups (broad SMARTS) is 1. The van der Waals surface area contributed by atoms with E-state index in [1.54, 1.807) is 31.2 Å². The van der Waals surface area contributed by atoms with Crippen LogP contribution in [0.2, 0.25) is 0 Å². The van der Waals surface area contributed by atoms with Crippen molar-refractivity contribution < 1.29 is 27.9 Å². The summed E-state index contributed by atoms with van der Waals surface area (Å²) in [4.78, 5) is 22.9. The lowest BCUT2D eigenvalue weighted by atomic mass is 10.2. The third kappa shape index (κ3) is 4.93. The summed E-state index contributed by atoms with van der Waals surface area (Å²) in [5, 5.41) is 11.5. The van der Waals surface area contributed by atoms with E-state index in [2.05, 4.69) is 10.0 Å². The summed E-state index contributed by atoms with van der Waals surface area (Å²) in [5.74, 6) is -1.46. The predicted octanol–water partition coefficient (Wildman–Crippen LogP) is 1.41. The smallest absolute Gasteiger partial charge is 0.332 e. The molecule has 1 amide bonds. The van der Waals surface area contributed by atoms with Crippen LogP contribution < -0.4 is 10.0 Å². The van der Waals surface area contributed by atoms with Crippen molar-refractivity contribution in [2.24, 2.45) is 0 Å². The number of aliphatic carboxylic acids is 1. The van der Waals surface area contributed by atoms with Gasteiger partial charge in [0.15, 0.2) is 6.10 Å². The summed E-state index contributed by atoms with van der Waals surface area (Å²) in [6.07, 6.45) is -0.587. The highest BCUT2D eigenvalue weighted by Crippen LogP contribution is 2.22. The van der Waals surface area contributed by atoms with Crippen molar-refractivity contribution in [3.8, 4) is 0 Å². The van der Waals surface area contributed by atoms with Gasteiger partial charge in [0, 0.05) is 11.4 Å². The number of carbonyl (C=O) groups is 2. The molecule has 1 aliphatic heterocycles. The molecule has 0 bridgehead atoms. The number of benzene rings is 1. The van der Waals surface area contributed by atoms with Gasteiger partial charge in [-0.05, 0) is 43.5 Å². The molecule has 0 aromatic heterocycles. The molecule has 2 rings (SSSR count). The molecule has 2 atom stereocenters. The molecule has 9 heteroatoms. The van der Waals surface area contributed by atoms with Crippen LogP contribution in [-0.2, 0) is 24.3 Å². The number of hydrogen-bond donors (Lipinski definition) is 3. The van der Waals surface area contributed by atoms with Gasteiger partial charge in [-0.3, -0.25) is 9.52 Å². The number of anilines is 2. The van der Waals surface area contributed by atoms with Crippen molar-refractivity contribution >= 4 is 33.3 Å². The number of carboxylic acids is 1. The highest BCUT2D eigenvalue weighted by Gasteiger charge is 2.34. The normalized spacial score (nSPS) is 20.5. The summed E-state index contributed by atoms with van der Waals surface area (Å²) in [6, 6.07) is 6.20. The maximum atomic E-state index is 12.0. The molecule has 0 spiro atoms. The number of sulfonamides is 1. The molecule has 8 nitrogen and oxygen atoms in total. The highest BCUT2D eigenvalue weighted by atomic mass is 32.2. The van der Waals surface area contributed by atoms with E-state index in [4.69, 9.17) is 9.84 Å². The minimum Gasteiger partial charge on any atom is -0.479 e. The topological polar surface area (TPSA) is 122 Å². The average Bonchev–Trinajstić information content (AvgIpc) is 2.99. The summed E-state index contributed by atoms with van der Waals surface area (Å²) >= 11 is 0. The molecule has 3 N–H and O–H groups in total. The molecule has 0 saturated carbocycles. The number of amides is 1. The zero-order valence-corrected chi connectivity index (χ0v) is 14.0. The van der Waals surface area contributed by atoms with Crippen LogP contribution >= 0.6 is 0 Å². The van der Waals surface area contributed by atoms with E-state index in [1.807, 2.05) is 0 Å². The Bertz CT molecular complexity index is 701. The Morgan fingerprint density at radius 3 is 2.29 bits per heavy atom. The quantitative estimate of drug-likeness (QED) is 0.679. The molecule has 132 valence electrons. The van der Waals surface area contributed by atoms with Crippen LogP contribution in [-0.4, -0.2) is 43.4 Å². The molecule has 1 heterocycles. The molecule has 1 aromatic carbocycles. The number of rotatable bonds is 7. The zero-order chi connectivity index (χ0) is 17.7. The standard InChI is InChI=1S/C15H20N2O6S/c1-2-9-24(21,22)17-11-5-3-10(4-6-11)16-14(18)12-7-8-13(23-12)15(19)20/h3-6,12-13,17H,2,7-9H2,1H3,(H,16,18)(H,19,20)/t12-,13+/m0/s1. The Morgan fingerprint density at radius 1 is 1.17 bits per heavy atom. The Balaban J connectivity index is 1.92. The fourth-order valence-corrected chi connectivity index (χ4v) is 3.49. The van der Waals surface area contributed by atoms with Gasteiger partial charge in [-0.15, -0.1) is 0 Å². The molecule has 0 aliphatic carbocycles. The van der Waals surface area contributed by atoms with Crippen molar-refractivity contribution in [1.29, 1.82) is 0 Å². The Morgan fingerprint density at radius 2 is 1.75 bits per heavy atom. The maximum Gasteiger partial charge on any atom is 0.332 e. The maximum absolute atomic E-state index is 12.0. The molecule has 1 aliphatic rings. The van der Waals surface area contributed by atoms with Crippen LogP contribution in [0.3, 0.4) is 0 Å². The highest BCUT2D eigenvalue weighted by molar-refractivity contribution is 7.92. The van der Waals surface area contributed by atoms with Crippen LogP contribution in [0.4, 0.5) is 11.4 Å². The lowest BCUT2D eigenvalue weighted by molar-refractivity contribution is -0.150. The Hall–Kier alpha value is -2.13. The fraction of sp³-hybridized carbons (Fsp3) is 0.467. The summed E-state index contributed by atoms with van der Waals surface area (Å²) in [6.45, 7) is 1.78. The van der Waals surface area contributed by atoms with Gasteiger partial charge in [-0.2, -0.15) is 0 Å². The zero-order valence-electron chi connectivity index (χ0n) is 13.2. The van der Waals surface area contributed by atoms with Gasteiger partial charge in [0.1, 0.15) is 6.10 Å². The molecule has 0 radical (unpaired) electrons. The molecular formula is C15H20N2O6S. The summed E-state index contributed by atoms with van der Waals surface area (Å²) in [7, 11) is -3.36. The monoisotopic (exact) mass is 356 g/mol.